The van der Waals surface area contributed by atoms with Crippen LogP contribution in [0, 0.1) is 6.42 Å². The number of allylic oxidation sites excluding steroid dienone is 2. The van der Waals surface area contributed by atoms with Crippen molar-refractivity contribution in [2.45, 2.75) is 12.8 Å². The highest BCUT2D eigenvalue weighted by atomic mass is 13.8. The molecule has 0 saturated heterocycles. The van der Waals surface area contributed by atoms with Crippen molar-refractivity contribution in [3.8, 4) is 0 Å². The molecule has 0 N–H and O–H groups in total. The lowest BCUT2D eigenvalue weighted by Crippen LogP contribution is -1.66. The van der Waals surface area contributed by atoms with Crippen LogP contribution in [0.5, 0.6) is 0 Å². The molecule has 0 spiro atoms. The maximum Gasteiger partial charge on any atom is -0.00924 e. The van der Waals surface area contributed by atoms with Gasteiger partial charge in [-0.3, -0.25) is 0 Å². The van der Waals surface area contributed by atoms with Gasteiger partial charge in [0.25, 0.3) is 0 Å². The molecule has 0 atom stereocenters. The summed E-state index contributed by atoms with van der Waals surface area (Å²) in [6.07, 6.45) is 8.43. The van der Waals surface area contributed by atoms with Gasteiger partial charge in [0.1, 0.15) is 0 Å². The minimum absolute atomic E-state index is 0.867. The van der Waals surface area contributed by atoms with Crippen molar-refractivity contribution in [3.05, 3.63) is 31.7 Å². The molecule has 7 heavy (non-hydrogen) atoms. The van der Waals surface area contributed by atoms with E-state index in [1.165, 1.54) is 0 Å². The first-order chi connectivity index (χ1) is 3.41. The molecule has 0 unspecified atom stereocenters. The van der Waals surface area contributed by atoms with E-state index in [0.29, 0.717) is 0 Å². The van der Waals surface area contributed by atoms with Gasteiger partial charge in [-0.25, -0.2) is 0 Å². The van der Waals surface area contributed by atoms with Crippen LogP contribution in [0.3, 0.4) is 0 Å². The lowest BCUT2D eigenvalue weighted by Gasteiger charge is -1.82. The standard InChI is InChI=1S/C7H10/c1-3-5-7-6-4-2/h3-4H,1-2,5-6H2. The van der Waals surface area contributed by atoms with E-state index in [2.05, 4.69) is 19.6 Å². The first-order valence-corrected chi connectivity index (χ1v) is 2.34. The predicted molar refractivity (Wildman–Crippen MR) is 32.9 cm³/mol. The Balaban J connectivity index is 2.68. The first-order valence-electron chi connectivity index (χ1n) is 2.34. The molecule has 0 rings (SSSR count). The van der Waals surface area contributed by atoms with E-state index in [1.54, 1.807) is 0 Å². The van der Waals surface area contributed by atoms with Crippen molar-refractivity contribution in [2.75, 3.05) is 0 Å². The number of rotatable bonds is 4. The zero-order valence-electron chi connectivity index (χ0n) is 4.48. The second-order valence-corrected chi connectivity index (χ2v) is 1.24. The van der Waals surface area contributed by atoms with Gasteiger partial charge in [-0.05, 0) is 19.3 Å². The summed E-state index contributed by atoms with van der Waals surface area (Å²) in [4.78, 5) is 0. The third kappa shape index (κ3) is 5.48. The van der Waals surface area contributed by atoms with Gasteiger partial charge in [-0.1, -0.05) is 12.2 Å². The number of unbranched alkanes of at least 4 members (excludes halogenated alkanes) is 2. The molecule has 0 aromatic rings. The average molecular weight is 94.2 g/mol. The minimum Gasteiger partial charge on any atom is -0.103 e. The van der Waals surface area contributed by atoms with Crippen LogP contribution >= 0.6 is 0 Å². The van der Waals surface area contributed by atoms with Crippen LogP contribution in [0.4, 0.5) is 0 Å². The molecule has 0 aromatic heterocycles. The highest BCUT2D eigenvalue weighted by Crippen LogP contribution is 1.92. The van der Waals surface area contributed by atoms with Crippen molar-refractivity contribution in [3.63, 3.8) is 0 Å². The van der Waals surface area contributed by atoms with Gasteiger partial charge in [-0.2, -0.15) is 0 Å². The minimum atomic E-state index is 0.867. The third-order valence-electron chi connectivity index (χ3n) is 0.577. The highest BCUT2D eigenvalue weighted by Gasteiger charge is 1.75. The second kappa shape index (κ2) is 5.48. The van der Waals surface area contributed by atoms with Gasteiger partial charge in [-0.15, -0.1) is 13.2 Å². The molecule has 0 aliphatic carbocycles. The molecule has 0 bridgehead atoms. The predicted octanol–water partition coefficient (Wildman–Crippen LogP) is 2.22. The fraction of sp³-hybridized carbons (Fsp3) is 0.286. The highest BCUT2D eigenvalue weighted by molar-refractivity contribution is 4.83. The van der Waals surface area contributed by atoms with Crippen LogP contribution in [-0.4, -0.2) is 0 Å². The fourth-order valence-corrected chi connectivity index (χ4v) is 0.287. The average Bonchev–Trinajstić information content (AvgIpc) is 1.69. The lowest BCUT2D eigenvalue weighted by atomic mass is 10.2. The van der Waals surface area contributed by atoms with Gasteiger partial charge in [0.2, 0.25) is 0 Å². The van der Waals surface area contributed by atoms with Crippen molar-refractivity contribution >= 4 is 0 Å². The maximum atomic E-state index is 3.54. The Hall–Kier alpha value is -0.520. The van der Waals surface area contributed by atoms with E-state index in [1.807, 2.05) is 12.2 Å². The van der Waals surface area contributed by atoms with Crippen LogP contribution in [0.1, 0.15) is 12.8 Å². The molecular weight excluding hydrogens is 84.1 g/mol. The molecule has 0 heteroatoms. The van der Waals surface area contributed by atoms with Crippen LogP contribution < -0.4 is 0 Å². The van der Waals surface area contributed by atoms with E-state index in [4.69, 9.17) is 0 Å². The van der Waals surface area contributed by atoms with E-state index in [0.717, 1.165) is 12.8 Å². The summed E-state index contributed by atoms with van der Waals surface area (Å²) in [5.41, 5.74) is 0. The molecule has 0 aliphatic rings. The van der Waals surface area contributed by atoms with Crippen molar-refractivity contribution in [2.24, 2.45) is 0 Å². The summed E-state index contributed by atoms with van der Waals surface area (Å²) in [6, 6.07) is 0. The molecule has 0 nitrogen and oxygen atoms in total. The van der Waals surface area contributed by atoms with Gasteiger partial charge < -0.3 is 0 Å². The molecule has 2 radical (unpaired) electrons. The Labute approximate surface area is 45.5 Å². The largest absolute Gasteiger partial charge is 0.103 e. The lowest BCUT2D eigenvalue weighted by molar-refractivity contribution is 1.11. The Morgan fingerprint density at radius 3 is 1.86 bits per heavy atom. The van der Waals surface area contributed by atoms with Crippen molar-refractivity contribution in [1.29, 1.82) is 0 Å². The third-order valence-corrected chi connectivity index (χ3v) is 0.577. The zero-order valence-corrected chi connectivity index (χ0v) is 4.48. The van der Waals surface area contributed by atoms with Crippen LogP contribution in [-0.2, 0) is 0 Å². The van der Waals surface area contributed by atoms with Gasteiger partial charge in [0.05, 0.1) is 0 Å². The topological polar surface area (TPSA) is 0 Å². The summed E-state index contributed by atoms with van der Waals surface area (Å²) in [6.45, 7) is 7.07. The molecule has 0 aliphatic heterocycles. The van der Waals surface area contributed by atoms with E-state index < -0.39 is 0 Å². The molecular formula is C7H10. The molecule has 0 fully saturated rings. The summed E-state index contributed by atoms with van der Waals surface area (Å²) >= 11 is 0. The van der Waals surface area contributed by atoms with Crippen molar-refractivity contribution in [1.82, 2.24) is 0 Å². The Morgan fingerprint density at radius 2 is 1.57 bits per heavy atom. The Bertz CT molecular complexity index is 45.1. The smallest absolute Gasteiger partial charge is 0.00924 e. The Kier molecular flexibility index (Phi) is 5.07. The number of hydrogen-bond acceptors (Lipinski definition) is 0. The molecule has 38 valence electrons. The van der Waals surface area contributed by atoms with Gasteiger partial charge >= 0.3 is 0 Å². The molecule has 0 saturated carbocycles. The molecule has 0 heterocycles. The van der Waals surface area contributed by atoms with Gasteiger partial charge in [0.15, 0.2) is 0 Å². The van der Waals surface area contributed by atoms with E-state index in [9.17, 15) is 0 Å². The SMILES string of the molecule is C=CC[C]CC=C. The van der Waals surface area contributed by atoms with Crippen LogP contribution in [0.25, 0.3) is 0 Å². The Morgan fingerprint density at radius 1 is 1.14 bits per heavy atom. The van der Waals surface area contributed by atoms with Crippen LogP contribution in [0.2, 0.25) is 0 Å². The summed E-state index contributed by atoms with van der Waals surface area (Å²) < 4.78 is 0. The van der Waals surface area contributed by atoms with Gasteiger partial charge in [0, 0.05) is 0 Å². The molecule has 0 aromatic carbocycles. The fourth-order valence-electron chi connectivity index (χ4n) is 0.287. The van der Waals surface area contributed by atoms with Crippen molar-refractivity contribution < 1.29 is 0 Å². The quantitative estimate of drug-likeness (QED) is 0.370. The monoisotopic (exact) mass is 94.1 g/mol. The normalized spacial score (nSPS) is 8.00. The van der Waals surface area contributed by atoms with Crippen LogP contribution in [0.15, 0.2) is 25.3 Å². The number of hydrogen-bond donors (Lipinski definition) is 0. The molecule has 0 amide bonds. The van der Waals surface area contributed by atoms with E-state index >= 15 is 0 Å². The maximum absolute atomic E-state index is 3.54. The summed E-state index contributed by atoms with van der Waals surface area (Å²) in [7, 11) is 0. The first kappa shape index (κ1) is 6.48. The second-order valence-electron chi connectivity index (χ2n) is 1.24. The van der Waals surface area contributed by atoms with E-state index in [-0.39, 0.29) is 0 Å². The summed E-state index contributed by atoms with van der Waals surface area (Å²) in [5.74, 6) is 0. The summed E-state index contributed by atoms with van der Waals surface area (Å²) in [5, 5.41) is 0. The zero-order chi connectivity index (χ0) is 5.54.